The minimum atomic E-state index is 0.187. The number of carbonyl (C=O) groups excluding carboxylic acids is 1. The van der Waals surface area contributed by atoms with Crippen LogP contribution in [0.15, 0.2) is 36.4 Å². The van der Waals surface area contributed by atoms with Gasteiger partial charge in [0.25, 0.3) is 0 Å². The lowest BCUT2D eigenvalue weighted by atomic mass is 9.78. The second kappa shape index (κ2) is 5.74. The summed E-state index contributed by atoms with van der Waals surface area (Å²) in [5, 5.41) is 1.10. The fourth-order valence-corrected chi connectivity index (χ4v) is 3.25. The van der Waals surface area contributed by atoms with Gasteiger partial charge in [-0.25, -0.2) is 4.98 Å². The maximum absolute atomic E-state index is 12.6. The van der Waals surface area contributed by atoms with E-state index in [-0.39, 0.29) is 11.7 Å². The van der Waals surface area contributed by atoms with Crippen molar-refractivity contribution in [3.8, 4) is 0 Å². The predicted molar refractivity (Wildman–Crippen MR) is 81.8 cm³/mol. The summed E-state index contributed by atoms with van der Waals surface area (Å²) in [7, 11) is 0. The summed E-state index contributed by atoms with van der Waals surface area (Å²) in [6.07, 6.45) is 5.70. The SMILES string of the molecule is CCC1CCC(C(=O)c2ccc3ccccc3n2)CC1. The highest BCUT2D eigenvalue weighted by molar-refractivity contribution is 5.98. The third-order valence-corrected chi connectivity index (χ3v) is 4.65. The number of Topliss-reactive ketones (excluding diaryl/α,β-unsaturated/α-hetero) is 1. The first-order chi connectivity index (χ1) is 9.78. The van der Waals surface area contributed by atoms with Crippen molar-refractivity contribution < 1.29 is 4.79 Å². The highest BCUT2D eigenvalue weighted by Gasteiger charge is 2.26. The van der Waals surface area contributed by atoms with E-state index in [2.05, 4.69) is 11.9 Å². The van der Waals surface area contributed by atoms with Crippen molar-refractivity contribution in [1.82, 2.24) is 4.98 Å². The summed E-state index contributed by atoms with van der Waals surface area (Å²) in [5.74, 6) is 1.25. The molecule has 1 aliphatic rings. The van der Waals surface area contributed by atoms with Gasteiger partial charge in [0.05, 0.1) is 5.52 Å². The molecule has 1 saturated carbocycles. The molecule has 0 spiro atoms. The third kappa shape index (κ3) is 2.60. The molecule has 1 aromatic heterocycles. The average molecular weight is 267 g/mol. The lowest BCUT2D eigenvalue weighted by Crippen LogP contribution is -2.22. The van der Waals surface area contributed by atoms with Crippen LogP contribution in [0.2, 0.25) is 0 Å². The maximum Gasteiger partial charge on any atom is 0.184 e. The summed E-state index contributed by atoms with van der Waals surface area (Å²) < 4.78 is 0. The molecule has 0 aliphatic heterocycles. The van der Waals surface area contributed by atoms with Crippen LogP contribution in [-0.2, 0) is 0 Å². The van der Waals surface area contributed by atoms with Gasteiger partial charge in [0, 0.05) is 11.3 Å². The van der Waals surface area contributed by atoms with Crippen LogP contribution >= 0.6 is 0 Å². The molecule has 0 atom stereocenters. The quantitative estimate of drug-likeness (QED) is 0.759. The van der Waals surface area contributed by atoms with Gasteiger partial charge < -0.3 is 0 Å². The summed E-state index contributed by atoms with van der Waals surface area (Å²) in [6, 6.07) is 11.9. The Bertz CT molecular complexity index is 612. The van der Waals surface area contributed by atoms with Gasteiger partial charge in [-0.1, -0.05) is 37.6 Å². The third-order valence-electron chi connectivity index (χ3n) is 4.65. The van der Waals surface area contributed by atoms with Gasteiger partial charge in [-0.2, -0.15) is 0 Å². The molecule has 0 bridgehead atoms. The topological polar surface area (TPSA) is 30.0 Å². The minimum Gasteiger partial charge on any atom is -0.292 e. The van der Waals surface area contributed by atoms with E-state index in [0.29, 0.717) is 5.69 Å². The largest absolute Gasteiger partial charge is 0.292 e. The second-order valence-corrected chi connectivity index (χ2v) is 5.88. The second-order valence-electron chi connectivity index (χ2n) is 5.88. The Morgan fingerprint density at radius 3 is 2.60 bits per heavy atom. The number of ketones is 1. The molecular weight excluding hydrogens is 246 g/mol. The zero-order chi connectivity index (χ0) is 13.9. The Morgan fingerprint density at radius 1 is 1.10 bits per heavy atom. The molecule has 2 nitrogen and oxygen atoms in total. The molecule has 0 unspecified atom stereocenters. The Kier molecular flexibility index (Phi) is 3.81. The van der Waals surface area contributed by atoms with Gasteiger partial charge in [0.1, 0.15) is 5.69 Å². The number of carbonyl (C=O) groups is 1. The molecule has 0 saturated heterocycles. The smallest absolute Gasteiger partial charge is 0.184 e. The molecule has 1 heterocycles. The molecule has 20 heavy (non-hydrogen) atoms. The van der Waals surface area contributed by atoms with Crippen molar-refractivity contribution in [2.24, 2.45) is 11.8 Å². The molecule has 0 amide bonds. The molecular formula is C18H21NO. The summed E-state index contributed by atoms with van der Waals surface area (Å²) in [5.41, 5.74) is 1.56. The number of aromatic nitrogens is 1. The maximum atomic E-state index is 12.6. The van der Waals surface area contributed by atoms with E-state index in [1.54, 1.807) is 0 Å². The van der Waals surface area contributed by atoms with Gasteiger partial charge >= 0.3 is 0 Å². The zero-order valence-electron chi connectivity index (χ0n) is 12.0. The van der Waals surface area contributed by atoms with E-state index in [4.69, 9.17) is 0 Å². The Morgan fingerprint density at radius 2 is 1.85 bits per heavy atom. The van der Waals surface area contributed by atoms with Crippen LogP contribution in [0.25, 0.3) is 10.9 Å². The molecule has 1 fully saturated rings. The van der Waals surface area contributed by atoms with Gasteiger partial charge in [-0.3, -0.25) is 4.79 Å². The molecule has 2 aromatic rings. The molecule has 1 aliphatic carbocycles. The van der Waals surface area contributed by atoms with Crippen molar-refractivity contribution in [2.45, 2.75) is 39.0 Å². The van der Waals surface area contributed by atoms with Crippen molar-refractivity contribution in [3.05, 3.63) is 42.1 Å². The number of para-hydroxylation sites is 1. The van der Waals surface area contributed by atoms with Gasteiger partial charge in [0.2, 0.25) is 0 Å². The Hall–Kier alpha value is -1.70. The van der Waals surface area contributed by atoms with Crippen molar-refractivity contribution in [3.63, 3.8) is 0 Å². The van der Waals surface area contributed by atoms with Crippen LogP contribution in [0.5, 0.6) is 0 Å². The number of pyridine rings is 1. The van der Waals surface area contributed by atoms with Crippen LogP contribution in [0.1, 0.15) is 49.5 Å². The van der Waals surface area contributed by atoms with Crippen LogP contribution in [0.3, 0.4) is 0 Å². The fraction of sp³-hybridized carbons (Fsp3) is 0.444. The number of hydrogen-bond donors (Lipinski definition) is 0. The van der Waals surface area contributed by atoms with E-state index in [9.17, 15) is 4.79 Å². The lowest BCUT2D eigenvalue weighted by Gasteiger charge is -2.26. The first-order valence-corrected chi connectivity index (χ1v) is 7.68. The van der Waals surface area contributed by atoms with Gasteiger partial charge in [-0.05, 0) is 43.7 Å². The fourth-order valence-electron chi connectivity index (χ4n) is 3.25. The molecule has 3 rings (SSSR count). The van der Waals surface area contributed by atoms with Gasteiger partial charge in [-0.15, -0.1) is 0 Å². The lowest BCUT2D eigenvalue weighted by molar-refractivity contribution is 0.0866. The molecule has 0 radical (unpaired) electrons. The first kappa shape index (κ1) is 13.3. The van der Waals surface area contributed by atoms with E-state index in [1.807, 2.05) is 36.4 Å². The molecule has 104 valence electrons. The number of hydrogen-bond acceptors (Lipinski definition) is 2. The zero-order valence-corrected chi connectivity index (χ0v) is 12.0. The first-order valence-electron chi connectivity index (χ1n) is 7.68. The highest BCUT2D eigenvalue weighted by atomic mass is 16.1. The highest BCUT2D eigenvalue weighted by Crippen LogP contribution is 2.32. The average Bonchev–Trinajstić information content (AvgIpc) is 2.54. The van der Waals surface area contributed by atoms with Crippen LogP contribution in [0, 0.1) is 11.8 Å². The van der Waals surface area contributed by atoms with Crippen molar-refractivity contribution in [2.75, 3.05) is 0 Å². The Labute approximate surface area is 120 Å². The van der Waals surface area contributed by atoms with Crippen LogP contribution in [0.4, 0.5) is 0 Å². The molecule has 2 heteroatoms. The van der Waals surface area contributed by atoms with E-state index >= 15 is 0 Å². The minimum absolute atomic E-state index is 0.187. The summed E-state index contributed by atoms with van der Waals surface area (Å²) in [4.78, 5) is 17.1. The molecule has 0 N–H and O–H groups in total. The number of rotatable bonds is 3. The van der Waals surface area contributed by atoms with Crippen LogP contribution in [-0.4, -0.2) is 10.8 Å². The number of benzene rings is 1. The summed E-state index contributed by atoms with van der Waals surface area (Å²) >= 11 is 0. The van der Waals surface area contributed by atoms with E-state index in [1.165, 1.54) is 19.3 Å². The molecule has 1 aromatic carbocycles. The van der Waals surface area contributed by atoms with Gasteiger partial charge in [0.15, 0.2) is 5.78 Å². The number of fused-ring (bicyclic) bond motifs is 1. The normalized spacial score (nSPS) is 22.9. The number of nitrogens with zero attached hydrogens (tertiary/aromatic N) is 1. The monoisotopic (exact) mass is 267 g/mol. The predicted octanol–water partition coefficient (Wildman–Crippen LogP) is 4.63. The van der Waals surface area contributed by atoms with Crippen molar-refractivity contribution >= 4 is 16.7 Å². The van der Waals surface area contributed by atoms with Crippen molar-refractivity contribution in [1.29, 1.82) is 0 Å². The van der Waals surface area contributed by atoms with E-state index < -0.39 is 0 Å². The summed E-state index contributed by atoms with van der Waals surface area (Å²) in [6.45, 7) is 2.25. The van der Waals surface area contributed by atoms with E-state index in [0.717, 1.165) is 29.7 Å². The Balaban J connectivity index is 1.79. The standard InChI is InChI=1S/C18H21NO/c1-2-13-7-9-15(10-8-13)18(20)17-12-11-14-5-3-4-6-16(14)19-17/h3-6,11-13,15H,2,7-10H2,1H3. The van der Waals surface area contributed by atoms with Crippen LogP contribution < -0.4 is 0 Å².